The van der Waals surface area contributed by atoms with E-state index in [1.54, 1.807) is 0 Å². The molecule has 9 heteroatoms. The number of para-hydroxylation sites is 2. The molecular weight excluding hydrogens is 340 g/mol. The van der Waals surface area contributed by atoms with Crippen molar-refractivity contribution in [3.05, 3.63) is 63.2 Å². The van der Waals surface area contributed by atoms with Gasteiger partial charge >= 0.3 is 5.97 Å². The number of halogens is 1. The average Bonchev–Trinajstić information content (AvgIpc) is 2.53. The first kappa shape index (κ1) is 17.2. The number of carbonyl (C=O) groups excluding carboxylic acids is 2. The molecule has 0 aliphatic carbocycles. The molecule has 0 aromatic heterocycles. The van der Waals surface area contributed by atoms with Crippen molar-refractivity contribution >= 4 is 34.9 Å². The molecule has 0 atom stereocenters. The number of carbonyl (C=O) groups is 2. The highest BCUT2D eigenvalue weighted by Gasteiger charge is 2.17. The van der Waals surface area contributed by atoms with Crippen LogP contribution in [0.1, 0.15) is 10.4 Å². The highest BCUT2D eigenvalue weighted by Crippen LogP contribution is 2.24. The van der Waals surface area contributed by atoms with Gasteiger partial charge in [-0.3, -0.25) is 14.9 Å². The third-order valence-corrected chi connectivity index (χ3v) is 3.12. The lowest BCUT2D eigenvalue weighted by Gasteiger charge is -2.08. The number of hydrogen-bond acceptors (Lipinski definition) is 6. The Hall–Kier alpha value is -3.13. The average molecular weight is 351 g/mol. The Balaban J connectivity index is 1.99. The van der Waals surface area contributed by atoms with Gasteiger partial charge in [0.25, 0.3) is 11.6 Å². The highest BCUT2D eigenvalue weighted by atomic mass is 35.5. The first-order chi connectivity index (χ1) is 11.4. The summed E-state index contributed by atoms with van der Waals surface area (Å²) < 4.78 is 4.76. The number of anilines is 1. The molecule has 0 unspecified atom stereocenters. The van der Waals surface area contributed by atoms with E-state index in [1.807, 2.05) is 0 Å². The molecule has 0 radical (unpaired) electrons. The van der Waals surface area contributed by atoms with Crippen molar-refractivity contribution in [1.29, 1.82) is 0 Å². The number of aromatic hydroxyl groups is 1. The summed E-state index contributed by atoms with van der Waals surface area (Å²) >= 11 is 5.65. The molecule has 2 rings (SSSR count). The van der Waals surface area contributed by atoms with Gasteiger partial charge in [-0.25, -0.2) is 4.79 Å². The van der Waals surface area contributed by atoms with Crippen molar-refractivity contribution in [2.24, 2.45) is 0 Å². The van der Waals surface area contributed by atoms with Crippen LogP contribution >= 0.6 is 11.6 Å². The van der Waals surface area contributed by atoms with Crippen molar-refractivity contribution in [2.45, 2.75) is 0 Å². The van der Waals surface area contributed by atoms with E-state index in [0.717, 1.165) is 6.07 Å². The number of phenols is 1. The number of rotatable bonds is 5. The Labute approximate surface area is 140 Å². The maximum Gasteiger partial charge on any atom is 0.342 e. The number of nitrogens with zero attached hydrogens (tertiary/aromatic N) is 1. The minimum atomic E-state index is -0.929. The monoisotopic (exact) mass is 350 g/mol. The zero-order valence-corrected chi connectivity index (χ0v) is 12.8. The zero-order chi connectivity index (χ0) is 17.7. The van der Waals surface area contributed by atoms with E-state index < -0.39 is 23.4 Å². The second kappa shape index (κ2) is 7.42. The summed E-state index contributed by atoms with van der Waals surface area (Å²) in [5.74, 6) is -2.07. The van der Waals surface area contributed by atoms with Crippen molar-refractivity contribution in [1.82, 2.24) is 0 Å². The van der Waals surface area contributed by atoms with E-state index in [0.29, 0.717) is 0 Å². The molecule has 0 fully saturated rings. The number of nitro benzene ring substituents is 1. The fraction of sp³-hybridized carbons (Fsp3) is 0.0667. The highest BCUT2D eigenvalue weighted by molar-refractivity contribution is 6.30. The third kappa shape index (κ3) is 4.20. The number of hydrogen-bond donors (Lipinski definition) is 2. The molecule has 2 aromatic carbocycles. The first-order valence-corrected chi connectivity index (χ1v) is 6.95. The number of ether oxygens (including phenoxy) is 1. The van der Waals surface area contributed by atoms with Gasteiger partial charge in [0.15, 0.2) is 6.61 Å². The van der Waals surface area contributed by atoms with Crippen molar-refractivity contribution in [3.8, 4) is 5.75 Å². The van der Waals surface area contributed by atoms with Crippen LogP contribution in [0.3, 0.4) is 0 Å². The lowest BCUT2D eigenvalue weighted by Crippen LogP contribution is -2.21. The van der Waals surface area contributed by atoms with E-state index in [2.05, 4.69) is 5.32 Å². The molecule has 0 spiro atoms. The van der Waals surface area contributed by atoms with Gasteiger partial charge < -0.3 is 15.2 Å². The molecule has 0 aliphatic heterocycles. The maximum absolute atomic E-state index is 11.8. The summed E-state index contributed by atoms with van der Waals surface area (Å²) in [6.45, 7) is -0.674. The van der Waals surface area contributed by atoms with E-state index in [9.17, 15) is 24.8 Å². The minimum absolute atomic E-state index is 0.0158. The Morgan fingerprint density at radius 3 is 2.62 bits per heavy atom. The van der Waals surface area contributed by atoms with Crippen molar-refractivity contribution < 1.29 is 24.4 Å². The van der Waals surface area contributed by atoms with Gasteiger partial charge in [0, 0.05) is 11.1 Å². The van der Waals surface area contributed by atoms with Gasteiger partial charge in [-0.1, -0.05) is 23.7 Å². The summed E-state index contributed by atoms with van der Waals surface area (Å²) in [5, 5.41) is 23.0. The molecule has 0 aliphatic rings. The summed E-state index contributed by atoms with van der Waals surface area (Å²) in [7, 11) is 0. The predicted molar refractivity (Wildman–Crippen MR) is 85.1 cm³/mol. The van der Waals surface area contributed by atoms with Crippen LogP contribution in [0.2, 0.25) is 5.02 Å². The summed E-state index contributed by atoms with van der Waals surface area (Å²) in [6.07, 6.45) is 0. The molecule has 2 aromatic rings. The molecule has 0 saturated heterocycles. The second-order valence-corrected chi connectivity index (χ2v) is 5.00. The van der Waals surface area contributed by atoms with Gasteiger partial charge in [-0.15, -0.1) is 0 Å². The van der Waals surface area contributed by atoms with Crippen LogP contribution in [-0.4, -0.2) is 28.5 Å². The second-order valence-electron chi connectivity index (χ2n) is 4.56. The first-order valence-electron chi connectivity index (χ1n) is 6.57. The fourth-order valence-electron chi connectivity index (χ4n) is 1.81. The number of amides is 1. The smallest absolute Gasteiger partial charge is 0.342 e. The summed E-state index contributed by atoms with van der Waals surface area (Å²) in [5.41, 5.74) is -0.455. The maximum atomic E-state index is 11.8. The summed E-state index contributed by atoms with van der Waals surface area (Å²) in [6, 6.07) is 9.34. The number of benzene rings is 2. The van der Waals surface area contributed by atoms with Crippen LogP contribution in [0, 0.1) is 10.1 Å². The van der Waals surface area contributed by atoms with Crippen LogP contribution in [0.15, 0.2) is 42.5 Å². The van der Waals surface area contributed by atoms with E-state index in [1.165, 1.54) is 36.4 Å². The molecule has 0 heterocycles. The van der Waals surface area contributed by atoms with Crippen LogP contribution in [0.25, 0.3) is 0 Å². The van der Waals surface area contributed by atoms with Crippen LogP contribution in [0.4, 0.5) is 11.4 Å². The molecule has 124 valence electrons. The van der Waals surface area contributed by atoms with Gasteiger partial charge in [0.1, 0.15) is 17.0 Å². The van der Waals surface area contributed by atoms with E-state index in [4.69, 9.17) is 16.3 Å². The number of nitro groups is 1. The lowest BCUT2D eigenvalue weighted by molar-refractivity contribution is -0.383. The normalized spacial score (nSPS) is 10.0. The molecule has 1 amide bonds. The van der Waals surface area contributed by atoms with Gasteiger partial charge in [-0.05, 0) is 24.3 Å². The van der Waals surface area contributed by atoms with E-state index in [-0.39, 0.29) is 27.7 Å². The van der Waals surface area contributed by atoms with Crippen molar-refractivity contribution in [2.75, 3.05) is 11.9 Å². The Morgan fingerprint density at radius 2 is 1.96 bits per heavy atom. The van der Waals surface area contributed by atoms with Crippen LogP contribution < -0.4 is 5.32 Å². The Bertz CT molecular complexity index is 808. The SMILES string of the molecule is O=C(COC(=O)c1ccc(Cl)cc1O)Nc1ccccc1[N+](=O)[O-]. The summed E-state index contributed by atoms with van der Waals surface area (Å²) in [4.78, 5) is 33.8. The Morgan fingerprint density at radius 1 is 1.25 bits per heavy atom. The predicted octanol–water partition coefficient (Wildman–Crippen LogP) is 2.75. The molecule has 0 bridgehead atoms. The van der Waals surface area contributed by atoms with E-state index >= 15 is 0 Å². The number of phenolic OH excluding ortho intramolecular Hbond substituents is 1. The van der Waals surface area contributed by atoms with Gasteiger partial charge in [0.05, 0.1) is 4.92 Å². The van der Waals surface area contributed by atoms with Crippen LogP contribution in [0.5, 0.6) is 5.75 Å². The number of esters is 1. The standard InChI is InChI=1S/C15H11ClN2O6/c16-9-5-6-10(13(19)7-9)15(21)24-8-14(20)17-11-3-1-2-4-12(11)18(22)23/h1-7,19H,8H2,(H,17,20). The minimum Gasteiger partial charge on any atom is -0.507 e. The topological polar surface area (TPSA) is 119 Å². The molecule has 8 nitrogen and oxygen atoms in total. The molecular formula is C15H11ClN2O6. The fourth-order valence-corrected chi connectivity index (χ4v) is 1.98. The molecule has 24 heavy (non-hydrogen) atoms. The van der Waals surface area contributed by atoms with Gasteiger partial charge in [0.2, 0.25) is 0 Å². The van der Waals surface area contributed by atoms with Gasteiger partial charge in [-0.2, -0.15) is 0 Å². The lowest BCUT2D eigenvalue weighted by atomic mass is 10.2. The number of nitrogens with one attached hydrogen (secondary N) is 1. The molecule has 0 saturated carbocycles. The zero-order valence-electron chi connectivity index (χ0n) is 12.1. The quantitative estimate of drug-likeness (QED) is 0.486. The molecule has 2 N–H and O–H groups in total. The van der Waals surface area contributed by atoms with Crippen LogP contribution in [-0.2, 0) is 9.53 Å². The Kier molecular flexibility index (Phi) is 5.33. The van der Waals surface area contributed by atoms with Crippen molar-refractivity contribution in [3.63, 3.8) is 0 Å². The largest absolute Gasteiger partial charge is 0.507 e. The third-order valence-electron chi connectivity index (χ3n) is 2.89.